The lowest BCUT2D eigenvalue weighted by Gasteiger charge is -1.99. The van der Waals surface area contributed by atoms with Gasteiger partial charge >= 0.3 is 5.97 Å². The molecule has 0 radical (unpaired) electrons. The summed E-state index contributed by atoms with van der Waals surface area (Å²) in [6.07, 6.45) is 0. The number of nitrogens with zero attached hydrogens (tertiary/aromatic N) is 2. The molecule has 0 N–H and O–H groups in total. The molecule has 4 rings (SSSR count). The molecular formula is C16H8ClFN2O3S2. The van der Waals surface area contributed by atoms with Crippen LogP contribution in [0.5, 0.6) is 0 Å². The number of hydrogen-bond donors (Lipinski definition) is 0. The summed E-state index contributed by atoms with van der Waals surface area (Å²) < 4.78 is 24.5. The van der Waals surface area contributed by atoms with Gasteiger partial charge in [-0.1, -0.05) is 17.7 Å². The molecule has 9 heteroatoms. The molecule has 0 aliphatic rings. The van der Waals surface area contributed by atoms with Gasteiger partial charge in [0.1, 0.15) is 10.7 Å². The van der Waals surface area contributed by atoms with Crippen LogP contribution in [0, 0.1) is 5.82 Å². The van der Waals surface area contributed by atoms with Gasteiger partial charge in [0.25, 0.3) is 11.8 Å². The Bertz CT molecular complexity index is 1060. The fourth-order valence-electron chi connectivity index (χ4n) is 2.17. The standard InChI is InChI=1S/C16H8ClFN2O3S2/c17-13-9-4-3-8(18)6-11(9)25-14(13)16(21)22-7-12-19-20-15(23-12)10-2-1-5-24-10/h1-6H,7H2. The number of fused-ring (bicyclic) bond motifs is 1. The Kier molecular flexibility index (Phi) is 4.24. The van der Waals surface area contributed by atoms with Gasteiger partial charge in [-0.25, -0.2) is 9.18 Å². The van der Waals surface area contributed by atoms with Gasteiger partial charge in [-0.3, -0.25) is 0 Å². The van der Waals surface area contributed by atoms with Crippen molar-refractivity contribution in [1.82, 2.24) is 10.2 Å². The fourth-order valence-corrected chi connectivity index (χ4v) is 4.25. The lowest BCUT2D eigenvalue weighted by atomic mass is 10.2. The Morgan fingerprint density at radius 2 is 2.20 bits per heavy atom. The second kappa shape index (κ2) is 6.55. The predicted octanol–water partition coefficient (Wildman–Crippen LogP) is 5.16. The Balaban J connectivity index is 1.50. The maximum absolute atomic E-state index is 13.3. The van der Waals surface area contributed by atoms with Crippen molar-refractivity contribution in [3.8, 4) is 10.8 Å². The summed E-state index contributed by atoms with van der Waals surface area (Å²) in [7, 11) is 0. The number of benzene rings is 1. The van der Waals surface area contributed by atoms with E-state index in [4.69, 9.17) is 20.8 Å². The average Bonchev–Trinajstić information content (AvgIpc) is 3.32. The molecule has 25 heavy (non-hydrogen) atoms. The van der Waals surface area contributed by atoms with Crippen molar-refractivity contribution in [2.45, 2.75) is 6.61 Å². The maximum Gasteiger partial charge on any atom is 0.350 e. The van der Waals surface area contributed by atoms with Gasteiger partial charge in [0, 0.05) is 10.1 Å². The molecule has 0 aliphatic carbocycles. The summed E-state index contributed by atoms with van der Waals surface area (Å²) >= 11 is 8.73. The second-order valence-corrected chi connectivity index (χ2v) is 7.32. The van der Waals surface area contributed by atoms with Crippen LogP contribution in [0.4, 0.5) is 4.39 Å². The van der Waals surface area contributed by atoms with Gasteiger partial charge in [-0.2, -0.15) is 0 Å². The van der Waals surface area contributed by atoms with Gasteiger partial charge in [-0.15, -0.1) is 32.9 Å². The highest BCUT2D eigenvalue weighted by Crippen LogP contribution is 2.36. The van der Waals surface area contributed by atoms with Crippen molar-refractivity contribution in [3.05, 3.63) is 57.3 Å². The summed E-state index contributed by atoms with van der Waals surface area (Å²) in [6.45, 7) is -0.170. The SMILES string of the molecule is O=C(OCc1nnc(-c2cccs2)o1)c1sc2cc(F)ccc2c1Cl. The third-order valence-corrected chi connectivity index (χ3v) is 5.80. The zero-order chi connectivity index (χ0) is 17.4. The topological polar surface area (TPSA) is 65.2 Å². The van der Waals surface area contributed by atoms with Crippen LogP contribution in [0.25, 0.3) is 20.9 Å². The van der Waals surface area contributed by atoms with Gasteiger partial charge in [0.15, 0.2) is 6.61 Å². The van der Waals surface area contributed by atoms with Gasteiger partial charge in [0.2, 0.25) is 0 Å². The van der Waals surface area contributed by atoms with Crippen LogP contribution in [0.2, 0.25) is 5.02 Å². The van der Waals surface area contributed by atoms with Crippen molar-refractivity contribution < 1.29 is 18.3 Å². The van der Waals surface area contributed by atoms with Crippen LogP contribution in [-0.2, 0) is 11.3 Å². The number of carbonyl (C=O) groups is 1. The van der Waals surface area contributed by atoms with Crippen LogP contribution in [0.3, 0.4) is 0 Å². The van der Waals surface area contributed by atoms with Crippen molar-refractivity contribution in [2.75, 3.05) is 0 Å². The summed E-state index contributed by atoms with van der Waals surface area (Å²) in [5.41, 5.74) is 0. The number of rotatable bonds is 4. The molecular weight excluding hydrogens is 387 g/mol. The van der Waals surface area contributed by atoms with Crippen LogP contribution in [0.1, 0.15) is 15.6 Å². The summed E-state index contributed by atoms with van der Waals surface area (Å²) in [6, 6.07) is 7.88. The van der Waals surface area contributed by atoms with Crippen LogP contribution in [0.15, 0.2) is 40.1 Å². The zero-order valence-corrected chi connectivity index (χ0v) is 14.8. The second-order valence-electron chi connectivity index (χ2n) is 4.94. The number of carbonyl (C=O) groups excluding carboxylic acids is 1. The van der Waals surface area contributed by atoms with E-state index >= 15 is 0 Å². The molecule has 0 bridgehead atoms. The van der Waals surface area contributed by atoms with E-state index in [0.717, 1.165) is 16.2 Å². The van der Waals surface area contributed by atoms with E-state index in [-0.39, 0.29) is 22.4 Å². The Morgan fingerprint density at radius 3 is 3.00 bits per heavy atom. The first-order chi connectivity index (χ1) is 12.1. The minimum absolute atomic E-state index is 0.170. The number of ether oxygens (including phenoxy) is 1. The first kappa shape index (κ1) is 16.2. The first-order valence-electron chi connectivity index (χ1n) is 7.03. The van der Waals surface area contributed by atoms with Gasteiger partial charge < -0.3 is 9.15 Å². The Morgan fingerprint density at radius 1 is 1.32 bits per heavy atom. The molecule has 126 valence electrons. The van der Waals surface area contributed by atoms with Crippen molar-refractivity contribution >= 4 is 50.3 Å². The monoisotopic (exact) mass is 394 g/mol. The van der Waals surface area contributed by atoms with E-state index in [9.17, 15) is 9.18 Å². The predicted molar refractivity (Wildman–Crippen MR) is 93.5 cm³/mol. The highest BCUT2D eigenvalue weighted by molar-refractivity contribution is 7.21. The van der Waals surface area contributed by atoms with E-state index in [2.05, 4.69) is 10.2 Å². The maximum atomic E-state index is 13.3. The molecule has 3 heterocycles. The highest BCUT2D eigenvalue weighted by Gasteiger charge is 2.20. The van der Waals surface area contributed by atoms with Crippen LogP contribution >= 0.6 is 34.3 Å². The first-order valence-corrected chi connectivity index (χ1v) is 9.10. The van der Waals surface area contributed by atoms with Crippen molar-refractivity contribution in [2.24, 2.45) is 0 Å². The van der Waals surface area contributed by atoms with Gasteiger partial charge in [0.05, 0.1) is 9.90 Å². The number of thiophene rings is 2. The molecule has 0 atom stereocenters. The molecule has 0 amide bonds. The van der Waals surface area contributed by atoms with E-state index < -0.39 is 11.8 Å². The Labute approximate surface area is 153 Å². The molecule has 1 aromatic carbocycles. The fraction of sp³-hybridized carbons (Fsp3) is 0.0625. The largest absolute Gasteiger partial charge is 0.451 e. The molecule has 0 unspecified atom stereocenters. The molecule has 0 aliphatic heterocycles. The summed E-state index contributed by atoms with van der Waals surface area (Å²) in [5, 5.41) is 10.5. The quantitative estimate of drug-likeness (QED) is 0.447. The van der Waals surface area contributed by atoms with E-state index in [1.54, 1.807) is 0 Å². The van der Waals surface area contributed by atoms with Crippen LogP contribution < -0.4 is 0 Å². The van der Waals surface area contributed by atoms with Crippen LogP contribution in [-0.4, -0.2) is 16.2 Å². The molecule has 0 spiro atoms. The minimum atomic E-state index is -0.623. The normalized spacial score (nSPS) is 11.1. The lowest BCUT2D eigenvalue weighted by Crippen LogP contribution is -2.04. The third kappa shape index (κ3) is 3.15. The number of hydrogen-bond acceptors (Lipinski definition) is 7. The molecule has 0 saturated carbocycles. The number of halogens is 2. The Hall–Kier alpha value is -2.29. The summed E-state index contributed by atoms with van der Waals surface area (Å²) in [5.74, 6) is -0.462. The molecule has 0 fully saturated rings. The third-order valence-electron chi connectivity index (χ3n) is 3.30. The lowest BCUT2D eigenvalue weighted by molar-refractivity contribution is 0.0445. The highest BCUT2D eigenvalue weighted by atomic mass is 35.5. The van der Waals surface area contributed by atoms with Crippen molar-refractivity contribution in [3.63, 3.8) is 0 Å². The molecule has 3 aromatic heterocycles. The minimum Gasteiger partial charge on any atom is -0.451 e. The average molecular weight is 395 g/mol. The van der Waals surface area contributed by atoms with E-state index in [1.807, 2.05) is 17.5 Å². The van der Waals surface area contributed by atoms with Crippen molar-refractivity contribution in [1.29, 1.82) is 0 Å². The number of aromatic nitrogens is 2. The summed E-state index contributed by atoms with van der Waals surface area (Å²) in [4.78, 5) is 13.3. The molecule has 0 saturated heterocycles. The van der Waals surface area contributed by atoms with E-state index in [1.165, 1.54) is 29.5 Å². The van der Waals surface area contributed by atoms with E-state index in [0.29, 0.717) is 16.0 Å². The van der Waals surface area contributed by atoms with Gasteiger partial charge in [-0.05, 0) is 29.6 Å². The number of esters is 1. The zero-order valence-electron chi connectivity index (χ0n) is 12.4. The smallest absolute Gasteiger partial charge is 0.350 e. The molecule has 5 nitrogen and oxygen atoms in total. The molecule has 4 aromatic rings.